The Labute approximate surface area is 102 Å². The van der Waals surface area contributed by atoms with E-state index in [1.165, 1.54) is 6.07 Å². The van der Waals surface area contributed by atoms with Crippen LogP contribution in [0.1, 0.15) is 32.3 Å². The molecule has 0 fully saturated rings. The van der Waals surface area contributed by atoms with Crippen LogP contribution in [0.5, 0.6) is 11.5 Å². The molecule has 0 atom stereocenters. The Balaban J connectivity index is 2.83. The van der Waals surface area contributed by atoms with Gasteiger partial charge in [-0.25, -0.2) is 0 Å². The largest absolute Gasteiger partial charge is 0.508 e. The summed E-state index contributed by atoms with van der Waals surface area (Å²) >= 11 is 1.83. The lowest BCUT2D eigenvalue weighted by Crippen LogP contribution is -2.17. The van der Waals surface area contributed by atoms with Crippen LogP contribution >= 0.6 is 11.8 Å². The molecule has 0 amide bonds. The van der Waals surface area contributed by atoms with E-state index in [2.05, 4.69) is 20.1 Å². The number of aromatic hydroxyl groups is 2. The molecule has 1 aromatic rings. The molecule has 0 aromatic heterocycles. The topological polar surface area (TPSA) is 40.5 Å². The van der Waals surface area contributed by atoms with Gasteiger partial charge >= 0.3 is 0 Å². The van der Waals surface area contributed by atoms with E-state index in [4.69, 9.17) is 0 Å². The zero-order chi connectivity index (χ0) is 12.2. The molecule has 0 aliphatic carbocycles. The minimum absolute atomic E-state index is 0.0987. The Morgan fingerprint density at radius 2 is 1.94 bits per heavy atom. The summed E-state index contributed by atoms with van der Waals surface area (Å²) < 4.78 is 0. The monoisotopic (exact) mass is 240 g/mol. The number of benzene rings is 1. The third kappa shape index (κ3) is 3.34. The predicted molar refractivity (Wildman–Crippen MR) is 70.4 cm³/mol. The Kier molecular flexibility index (Phi) is 4.54. The van der Waals surface area contributed by atoms with E-state index in [1.54, 1.807) is 12.1 Å². The summed E-state index contributed by atoms with van der Waals surface area (Å²) in [5.74, 6) is 1.61. The summed E-state index contributed by atoms with van der Waals surface area (Å²) in [7, 11) is 0. The molecule has 90 valence electrons. The highest BCUT2D eigenvalue weighted by Crippen LogP contribution is 2.36. The fraction of sp³-hybridized carbons (Fsp3) is 0.538. The van der Waals surface area contributed by atoms with Crippen molar-refractivity contribution in [3.05, 3.63) is 23.8 Å². The van der Waals surface area contributed by atoms with E-state index in [-0.39, 0.29) is 16.9 Å². The number of rotatable bonds is 5. The standard InChI is InChI=1S/C13H20O2S/c1-13(2,7-4-8-16-3)11-9-10(14)5-6-12(11)15/h5-6,9,14-15H,4,7-8H2,1-3H3. The number of thioether (sulfide) groups is 1. The van der Waals surface area contributed by atoms with E-state index in [0.29, 0.717) is 0 Å². The smallest absolute Gasteiger partial charge is 0.119 e. The van der Waals surface area contributed by atoms with Gasteiger partial charge < -0.3 is 10.2 Å². The molecule has 0 unspecified atom stereocenters. The first-order valence-electron chi connectivity index (χ1n) is 5.49. The summed E-state index contributed by atoms with van der Waals surface area (Å²) in [6.45, 7) is 4.20. The summed E-state index contributed by atoms with van der Waals surface area (Å²) in [5, 5.41) is 19.3. The normalized spacial score (nSPS) is 11.7. The van der Waals surface area contributed by atoms with Gasteiger partial charge in [0.05, 0.1) is 0 Å². The summed E-state index contributed by atoms with van der Waals surface area (Å²) in [4.78, 5) is 0. The van der Waals surface area contributed by atoms with Gasteiger partial charge in [0.15, 0.2) is 0 Å². The van der Waals surface area contributed by atoms with Crippen LogP contribution in [0.3, 0.4) is 0 Å². The lowest BCUT2D eigenvalue weighted by molar-refractivity contribution is 0.410. The van der Waals surface area contributed by atoms with Gasteiger partial charge in [-0.2, -0.15) is 11.8 Å². The van der Waals surface area contributed by atoms with Gasteiger partial charge in [0, 0.05) is 5.56 Å². The van der Waals surface area contributed by atoms with Crippen LogP contribution in [-0.4, -0.2) is 22.2 Å². The van der Waals surface area contributed by atoms with E-state index >= 15 is 0 Å². The van der Waals surface area contributed by atoms with Gasteiger partial charge in [-0.1, -0.05) is 13.8 Å². The molecule has 1 rings (SSSR count). The molecule has 0 heterocycles. The number of phenolic OH excluding ortho intramolecular Hbond substituents is 2. The first-order valence-corrected chi connectivity index (χ1v) is 6.88. The first-order chi connectivity index (χ1) is 7.47. The summed E-state index contributed by atoms with van der Waals surface area (Å²) in [6.07, 6.45) is 4.22. The fourth-order valence-electron chi connectivity index (χ4n) is 1.86. The highest BCUT2D eigenvalue weighted by Gasteiger charge is 2.23. The third-order valence-corrected chi connectivity index (χ3v) is 3.56. The molecule has 0 spiro atoms. The van der Waals surface area contributed by atoms with E-state index in [1.807, 2.05) is 11.8 Å². The fourth-order valence-corrected chi connectivity index (χ4v) is 2.29. The second-order valence-electron chi connectivity index (χ2n) is 4.68. The van der Waals surface area contributed by atoms with Crippen LogP contribution in [0.4, 0.5) is 0 Å². The Morgan fingerprint density at radius 3 is 2.56 bits per heavy atom. The minimum atomic E-state index is -0.0987. The van der Waals surface area contributed by atoms with Crippen molar-refractivity contribution in [3.63, 3.8) is 0 Å². The average molecular weight is 240 g/mol. The maximum absolute atomic E-state index is 9.81. The van der Waals surface area contributed by atoms with E-state index in [0.717, 1.165) is 24.2 Å². The van der Waals surface area contributed by atoms with Crippen molar-refractivity contribution < 1.29 is 10.2 Å². The van der Waals surface area contributed by atoms with Crippen molar-refractivity contribution in [1.82, 2.24) is 0 Å². The van der Waals surface area contributed by atoms with Gasteiger partial charge in [0.25, 0.3) is 0 Å². The van der Waals surface area contributed by atoms with Crippen LogP contribution in [0.15, 0.2) is 18.2 Å². The Morgan fingerprint density at radius 1 is 1.25 bits per heavy atom. The van der Waals surface area contributed by atoms with Gasteiger partial charge in [-0.3, -0.25) is 0 Å². The van der Waals surface area contributed by atoms with Gasteiger partial charge in [-0.05, 0) is 48.5 Å². The van der Waals surface area contributed by atoms with Crippen molar-refractivity contribution in [1.29, 1.82) is 0 Å². The summed E-state index contributed by atoms with van der Waals surface area (Å²) in [6, 6.07) is 4.73. The average Bonchev–Trinajstić information content (AvgIpc) is 2.22. The maximum Gasteiger partial charge on any atom is 0.119 e. The Bertz CT molecular complexity index is 348. The molecule has 3 heteroatoms. The van der Waals surface area contributed by atoms with Crippen molar-refractivity contribution >= 4 is 11.8 Å². The van der Waals surface area contributed by atoms with Crippen molar-refractivity contribution in [2.75, 3.05) is 12.0 Å². The lowest BCUT2D eigenvalue weighted by atomic mass is 9.80. The quantitative estimate of drug-likeness (QED) is 0.611. The molecule has 0 aliphatic rings. The molecule has 16 heavy (non-hydrogen) atoms. The highest BCUT2D eigenvalue weighted by molar-refractivity contribution is 7.98. The molecule has 0 saturated heterocycles. The van der Waals surface area contributed by atoms with Gasteiger partial charge in [0.1, 0.15) is 11.5 Å². The van der Waals surface area contributed by atoms with Crippen molar-refractivity contribution in [2.45, 2.75) is 32.1 Å². The lowest BCUT2D eigenvalue weighted by Gasteiger charge is -2.26. The molecular formula is C13H20O2S. The SMILES string of the molecule is CSCCCC(C)(C)c1cc(O)ccc1O. The van der Waals surface area contributed by atoms with Gasteiger partial charge in [0.2, 0.25) is 0 Å². The van der Waals surface area contributed by atoms with Crippen molar-refractivity contribution in [2.24, 2.45) is 0 Å². The van der Waals surface area contributed by atoms with Crippen LogP contribution in [0.2, 0.25) is 0 Å². The number of phenols is 2. The number of hydrogen-bond donors (Lipinski definition) is 2. The van der Waals surface area contributed by atoms with Crippen molar-refractivity contribution in [3.8, 4) is 11.5 Å². The predicted octanol–water partition coefficient (Wildman–Crippen LogP) is 3.52. The molecule has 0 aliphatic heterocycles. The molecule has 2 nitrogen and oxygen atoms in total. The zero-order valence-electron chi connectivity index (χ0n) is 10.2. The first kappa shape index (κ1) is 13.2. The maximum atomic E-state index is 9.81. The van der Waals surface area contributed by atoms with Crippen LogP contribution in [-0.2, 0) is 5.41 Å². The molecule has 2 N–H and O–H groups in total. The summed E-state index contributed by atoms with van der Waals surface area (Å²) in [5.41, 5.74) is 0.729. The second-order valence-corrected chi connectivity index (χ2v) is 5.67. The highest BCUT2D eigenvalue weighted by atomic mass is 32.2. The van der Waals surface area contributed by atoms with E-state index < -0.39 is 0 Å². The molecule has 1 aromatic carbocycles. The zero-order valence-corrected chi connectivity index (χ0v) is 11.0. The molecule has 0 bridgehead atoms. The van der Waals surface area contributed by atoms with Crippen LogP contribution in [0, 0.1) is 0 Å². The molecular weight excluding hydrogens is 220 g/mol. The Hall–Kier alpha value is -0.830. The third-order valence-electron chi connectivity index (χ3n) is 2.86. The molecule has 0 saturated carbocycles. The molecule has 0 radical (unpaired) electrons. The van der Waals surface area contributed by atoms with E-state index in [9.17, 15) is 10.2 Å². The number of hydrogen-bond acceptors (Lipinski definition) is 3. The minimum Gasteiger partial charge on any atom is -0.508 e. The second kappa shape index (κ2) is 5.48. The van der Waals surface area contributed by atoms with Crippen LogP contribution < -0.4 is 0 Å². The van der Waals surface area contributed by atoms with Crippen LogP contribution in [0.25, 0.3) is 0 Å². The van der Waals surface area contributed by atoms with Gasteiger partial charge in [-0.15, -0.1) is 0 Å².